The minimum atomic E-state index is -1.05. The van der Waals surface area contributed by atoms with Crippen molar-refractivity contribution in [1.29, 1.82) is 0 Å². The van der Waals surface area contributed by atoms with E-state index in [1.165, 1.54) is 19.3 Å². The first-order valence-corrected chi connectivity index (χ1v) is 13.3. The number of carbonyl (C=O) groups excluding carboxylic acids is 2. The second-order valence-electron chi connectivity index (χ2n) is 10.3. The molecule has 1 fully saturated rings. The number of fused-ring (bicyclic) bond motifs is 3. The molecule has 0 unspecified atom stereocenters. The third-order valence-corrected chi connectivity index (χ3v) is 7.66. The van der Waals surface area contributed by atoms with E-state index < -0.39 is 5.54 Å². The van der Waals surface area contributed by atoms with E-state index in [4.69, 9.17) is 4.74 Å². The fourth-order valence-electron chi connectivity index (χ4n) is 5.56. The number of amides is 2. The van der Waals surface area contributed by atoms with Gasteiger partial charge >= 0.3 is 0 Å². The molecular weight excluding hydrogens is 452 g/mol. The Morgan fingerprint density at radius 3 is 2.47 bits per heavy atom. The number of hydrogen-bond acceptors (Lipinski definition) is 4. The zero-order chi connectivity index (χ0) is 25.1. The molecular formula is C29H36N4O3. The van der Waals surface area contributed by atoms with Crippen molar-refractivity contribution in [2.24, 2.45) is 0 Å². The largest absolute Gasteiger partial charge is 0.494 e. The van der Waals surface area contributed by atoms with Crippen LogP contribution in [0.4, 0.5) is 0 Å². The van der Waals surface area contributed by atoms with E-state index in [1.807, 2.05) is 66.9 Å². The number of carbonyl (C=O) groups is 2. The minimum Gasteiger partial charge on any atom is -0.494 e. The lowest BCUT2D eigenvalue weighted by molar-refractivity contribution is -0.134. The van der Waals surface area contributed by atoms with Gasteiger partial charge in [-0.05, 0) is 56.5 Å². The number of nitrogens with zero attached hydrogens (tertiary/aromatic N) is 3. The summed E-state index contributed by atoms with van der Waals surface area (Å²) in [4.78, 5) is 34.3. The average molecular weight is 489 g/mol. The minimum absolute atomic E-state index is 0.0872. The van der Waals surface area contributed by atoms with Gasteiger partial charge in [-0.2, -0.15) is 0 Å². The molecule has 1 aliphatic carbocycles. The Morgan fingerprint density at radius 1 is 1.06 bits per heavy atom. The smallest absolute Gasteiger partial charge is 0.291 e. The summed E-state index contributed by atoms with van der Waals surface area (Å²) in [5, 5.41) is 3.34. The van der Waals surface area contributed by atoms with E-state index in [0.717, 1.165) is 48.0 Å². The summed E-state index contributed by atoms with van der Waals surface area (Å²) in [6, 6.07) is 15.6. The van der Waals surface area contributed by atoms with Crippen molar-refractivity contribution in [3.05, 3.63) is 59.9 Å². The maximum absolute atomic E-state index is 14.0. The van der Waals surface area contributed by atoms with E-state index in [9.17, 15) is 9.59 Å². The molecule has 2 aromatic carbocycles. The van der Waals surface area contributed by atoms with Crippen LogP contribution in [0.3, 0.4) is 0 Å². The molecule has 2 heterocycles. The predicted octanol–water partition coefficient (Wildman–Crippen LogP) is 5.08. The Bertz CT molecular complexity index is 1230. The monoisotopic (exact) mass is 488 g/mol. The van der Waals surface area contributed by atoms with Crippen LogP contribution in [0.1, 0.15) is 75.0 Å². The summed E-state index contributed by atoms with van der Waals surface area (Å²) in [6.07, 6.45) is 7.97. The number of ether oxygens (including phenoxy) is 1. The SMILES string of the molecule is CCOc1ccc(CN2C(=O)c3nc4ccccc4n3C[C@@]2(C)C(=O)NC2CCCCCCC2)cc1. The second kappa shape index (κ2) is 10.3. The summed E-state index contributed by atoms with van der Waals surface area (Å²) in [7, 11) is 0. The highest BCUT2D eigenvalue weighted by Gasteiger charge is 2.48. The van der Waals surface area contributed by atoms with E-state index in [1.54, 1.807) is 4.90 Å². The Kier molecular flexibility index (Phi) is 6.99. The fourth-order valence-corrected chi connectivity index (χ4v) is 5.56. The van der Waals surface area contributed by atoms with E-state index >= 15 is 0 Å². The molecule has 0 bridgehead atoms. The third kappa shape index (κ3) is 4.71. The summed E-state index contributed by atoms with van der Waals surface area (Å²) < 4.78 is 7.50. The molecule has 36 heavy (non-hydrogen) atoms. The zero-order valence-electron chi connectivity index (χ0n) is 21.3. The second-order valence-corrected chi connectivity index (χ2v) is 10.3. The van der Waals surface area contributed by atoms with Gasteiger partial charge in [0.05, 0.1) is 24.2 Å². The van der Waals surface area contributed by atoms with Crippen molar-refractivity contribution in [1.82, 2.24) is 19.8 Å². The Hall–Kier alpha value is -3.35. The molecule has 0 radical (unpaired) electrons. The van der Waals surface area contributed by atoms with Gasteiger partial charge in [-0.1, -0.05) is 56.4 Å². The standard InChI is InChI=1S/C29H36N4O3/c1-3-36-23-17-15-21(16-18-23)19-33-27(34)26-31-24-13-9-10-14-25(24)32(26)20-29(33,2)28(35)30-22-11-7-5-4-6-8-12-22/h9-10,13-18,22H,3-8,11-12,19-20H2,1-2H3,(H,30,35)/t29-/m0/s1. The van der Waals surface area contributed by atoms with Crippen LogP contribution in [0.2, 0.25) is 0 Å². The Morgan fingerprint density at radius 2 is 1.75 bits per heavy atom. The third-order valence-electron chi connectivity index (χ3n) is 7.66. The maximum Gasteiger partial charge on any atom is 0.291 e. The highest BCUT2D eigenvalue weighted by Crippen LogP contribution is 2.32. The quantitative estimate of drug-likeness (QED) is 0.525. The van der Waals surface area contributed by atoms with Crippen LogP contribution in [0.15, 0.2) is 48.5 Å². The van der Waals surface area contributed by atoms with Crippen molar-refractivity contribution < 1.29 is 14.3 Å². The van der Waals surface area contributed by atoms with Crippen molar-refractivity contribution in [2.75, 3.05) is 6.61 Å². The first kappa shape index (κ1) is 24.3. The molecule has 1 atom stereocenters. The van der Waals surface area contributed by atoms with Gasteiger partial charge in [0.2, 0.25) is 5.91 Å². The van der Waals surface area contributed by atoms with Gasteiger partial charge in [-0.25, -0.2) is 4.98 Å². The van der Waals surface area contributed by atoms with Crippen molar-refractivity contribution in [3.63, 3.8) is 0 Å². The lowest BCUT2D eigenvalue weighted by Gasteiger charge is -2.44. The molecule has 7 heteroatoms. The first-order valence-electron chi connectivity index (χ1n) is 13.3. The van der Waals surface area contributed by atoms with Crippen LogP contribution in [-0.2, 0) is 17.9 Å². The molecule has 190 valence electrons. The van der Waals surface area contributed by atoms with E-state index in [2.05, 4.69) is 10.3 Å². The molecule has 1 N–H and O–H groups in total. The number of para-hydroxylation sites is 2. The summed E-state index contributed by atoms with van der Waals surface area (Å²) in [6.45, 7) is 5.13. The van der Waals surface area contributed by atoms with Gasteiger partial charge in [-0.15, -0.1) is 0 Å². The molecule has 0 spiro atoms. The number of imidazole rings is 1. The molecule has 5 rings (SSSR count). The highest BCUT2D eigenvalue weighted by molar-refractivity contribution is 6.01. The molecule has 1 aromatic heterocycles. The molecule has 3 aromatic rings. The predicted molar refractivity (Wildman–Crippen MR) is 140 cm³/mol. The molecule has 7 nitrogen and oxygen atoms in total. The Balaban J connectivity index is 1.48. The van der Waals surface area contributed by atoms with Crippen molar-refractivity contribution in [2.45, 2.75) is 83.5 Å². The number of benzene rings is 2. The van der Waals surface area contributed by atoms with Crippen LogP contribution in [0.5, 0.6) is 5.75 Å². The van der Waals surface area contributed by atoms with Crippen LogP contribution in [0.25, 0.3) is 11.0 Å². The van der Waals surface area contributed by atoms with E-state index in [-0.39, 0.29) is 17.9 Å². The van der Waals surface area contributed by atoms with E-state index in [0.29, 0.717) is 25.5 Å². The molecule has 2 aliphatic rings. The van der Waals surface area contributed by atoms with Gasteiger partial charge in [0.1, 0.15) is 11.3 Å². The number of nitrogens with one attached hydrogen (secondary N) is 1. The van der Waals surface area contributed by atoms with Gasteiger partial charge in [0.15, 0.2) is 5.82 Å². The normalized spacial score (nSPS) is 21.1. The van der Waals surface area contributed by atoms with Crippen LogP contribution >= 0.6 is 0 Å². The Labute approximate surface area is 212 Å². The summed E-state index contributed by atoms with van der Waals surface area (Å²) in [5.74, 6) is 0.869. The van der Waals surface area contributed by atoms with Gasteiger partial charge in [0.25, 0.3) is 5.91 Å². The fraction of sp³-hybridized carbons (Fsp3) is 0.483. The number of hydrogen-bond donors (Lipinski definition) is 1. The van der Waals surface area contributed by atoms with Crippen LogP contribution in [-0.4, -0.2) is 44.5 Å². The molecule has 2 amide bonds. The summed E-state index contributed by atoms with van der Waals surface area (Å²) in [5.41, 5.74) is 1.55. The molecule has 0 saturated heterocycles. The highest BCUT2D eigenvalue weighted by atomic mass is 16.5. The summed E-state index contributed by atoms with van der Waals surface area (Å²) >= 11 is 0. The van der Waals surface area contributed by atoms with Crippen molar-refractivity contribution in [3.8, 4) is 5.75 Å². The number of rotatable bonds is 6. The number of aromatic nitrogens is 2. The maximum atomic E-state index is 14.0. The van der Waals surface area contributed by atoms with Gasteiger partial charge in [0, 0.05) is 12.6 Å². The molecule has 1 aliphatic heterocycles. The lowest BCUT2D eigenvalue weighted by atomic mass is 9.92. The first-order chi connectivity index (χ1) is 17.5. The lowest BCUT2D eigenvalue weighted by Crippen LogP contribution is -2.64. The zero-order valence-corrected chi connectivity index (χ0v) is 21.3. The van der Waals surface area contributed by atoms with Crippen molar-refractivity contribution >= 4 is 22.8 Å². The topological polar surface area (TPSA) is 76.5 Å². The average Bonchev–Trinajstić information content (AvgIpc) is 3.23. The van der Waals surface area contributed by atoms with Gasteiger partial charge in [-0.3, -0.25) is 9.59 Å². The molecule has 1 saturated carbocycles. The van der Waals surface area contributed by atoms with Crippen LogP contribution in [0, 0.1) is 0 Å². The van der Waals surface area contributed by atoms with Gasteiger partial charge < -0.3 is 19.5 Å². The van der Waals surface area contributed by atoms with Crippen LogP contribution < -0.4 is 10.1 Å².